The maximum atomic E-state index is 11.1. The van der Waals surface area contributed by atoms with Gasteiger partial charge in [0.2, 0.25) is 0 Å². The molecule has 0 aliphatic carbocycles. The van der Waals surface area contributed by atoms with Gasteiger partial charge in [0.1, 0.15) is 0 Å². The van der Waals surface area contributed by atoms with Crippen LogP contribution >= 0.6 is 23.5 Å². The van der Waals surface area contributed by atoms with Gasteiger partial charge >= 0.3 is 5.97 Å². The van der Waals surface area contributed by atoms with Crippen molar-refractivity contribution in [3.05, 3.63) is 23.3 Å². The van der Waals surface area contributed by atoms with Crippen molar-refractivity contribution >= 4 is 29.5 Å². The summed E-state index contributed by atoms with van der Waals surface area (Å²) in [4.78, 5) is 13.3. The molecule has 1 aromatic rings. The van der Waals surface area contributed by atoms with E-state index in [-0.39, 0.29) is 6.42 Å². The summed E-state index contributed by atoms with van der Waals surface area (Å²) in [6, 6.07) is 4.38. The van der Waals surface area contributed by atoms with E-state index >= 15 is 0 Å². The zero-order chi connectivity index (χ0) is 16.4. The summed E-state index contributed by atoms with van der Waals surface area (Å²) in [6.07, 6.45) is 13.1. The van der Waals surface area contributed by atoms with E-state index in [1.165, 1.54) is 44.1 Å². The Morgan fingerprint density at radius 2 is 1.55 bits per heavy atom. The minimum Gasteiger partial charge on any atom is -0.481 e. The fraction of sp³-hybridized carbons (Fsp3) is 0.611. The van der Waals surface area contributed by atoms with Crippen LogP contribution in [0.5, 0.6) is 0 Å². The number of hydrogen-bond acceptors (Lipinski definition) is 3. The summed E-state index contributed by atoms with van der Waals surface area (Å²) in [7, 11) is 0. The van der Waals surface area contributed by atoms with Crippen molar-refractivity contribution in [2.24, 2.45) is 0 Å². The largest absolute Gasteiger partial charge is 0.481 e. The third kappa shape index (κ3) is 6.66. The highest BCUT2D eigenvalue weighted by Crippen LogP contribution is 2.32. The summed E-state index contributed by atoms with van der Waals surface area (Å²) in [5.41, 5.74) is 2.32. The summed E-state index contributed by atoms with van der Waals surface area (Å²) in [5.74, 6) is -0.755. The lowest BCUT2D eigenvalue weighted by molar-refractivity contribution is -0.136. The first-order chi connectivity index (χ1) is 10.6. The van der Waals surface area contributed by atoms with Crippen LogP contribution in [0, 0.1) is 0 Å². The van der Waals surface area contributed by atoms with E-state index < -0.39 is 5.97 Å². The molecule has 0 aromatic heterocycles. The highest BCUT2D eigenvalue weighted by atomic mass is 32.2. The van der Waals surface area contributed by atoms with Crippen molar-refractivity contribution in [2.75, 3.05) is 12.5 Å². The number of unbranched alkanes of at least 4 members (excludes halogenated alkanes) is 5. The first kappa shape index (κ1) is 19.4. The van der Waals surface area contributed by atoms with Crippen LogP contribution in [0.15, 0.2) is 21.9 Å². The van der Waals surface area contributed by atoms with E-state index in [2.05, 4.69) is 19.1 Å². The van der Waals surface area contributed by atoms with Crippen LogP contribution < -0.4 is 0 Å². The van der Waals surface area contributed by atoms with Gasteiger partial charge in [-0.3, -0.25) is 4.79 Å². The lowest BCUT2D eigenvalue weighted by Gasteiger charge is -2.13. The number of rotatable bonds is 11. The monoisotopic (exact) mass is 340 g/mol. The molecule has 0 bridgehead atoms. The number of aryl methyl sites for hydroxylation is 1. The fourth-order valence-electron chi connectivity index (χ4n) is 2.62. The maximum Gasteiger partial charge on any atom is 0.307 e. The molecule has 0 radical (unpaired) electrons. The van der Waals surface area contributed by atoms with Crippen molar-refractivity contribution in [3.63, 3.8) is 0 Å². The maximum absolute atomic E-state index is 11.1. The first-order valence-corrected chi connectivity index (χ1v) is 10.5. The van der Waals surface area contributed by atoms with Gasteiger partial charge in [-0.15, -0.1) is 23.5 Å². The smallest absolute Gasteiger partial charge is 0.307 e. The van der Waals surface area contributed by atoms with Gasteiger partial charge in [0.15, 0.2) is 0 Å². The zero-order valence-corrected chi connectivity index (χ0v) is 15.6. The van der Waals surface area contributed by atoms with Crippen LogP contribution in [0.25, 0.3) is 0 Å². The summed E-state index contributed by atoms with van der Waals surface area (Å²) < 4.78 is 0. The predicted molar refractivity (Wildman–Crippen MR) is 98.4 cm³/mol. The molecule has 2 nitrogen and oxygen atoms in total. The molecular formula is C18H28O2S2. The van der Waals surface area contributed by atoms with Crippen molar-refractivity contribution in [2.45, 2.75) is 68.1 Å². The Hall–Kier alpha value is -0.610. The highest BCUT2D eigenvalue weighted by molar-refractivity contribution is 7.99. The van der Waals surface area contributed by atoms with E-state index in [0.29, 0.717) is 0 Å². The minimum atomic E-state index is -0.755. The molecule has 0 spiro atoms. The van der Waals surface area contributed by atoms with Crippen LogP contribution in [-0.4, -0.2) is 23.6 Å². The third-order valence-corrected chi connectivity index (χ3v) is 5.42. The predicted octanol–water partition coefficient (Wildman–Crippen LogP) is 5.66. The average molecular weight is 341 g/mol. The fourth-order valence-corrected chi connectivity index (χ4v) is 4.08. The van der Waals surface area contributed by atoms with Gasteiger partial charge < -0.3 is 5.11 Å². The van der Waals surface area contributed by atoms with E-state index in [0.717, 1.165) is 21.8 Å². The molecule has 0 atom stereocenters. The Morgan fingerprint density at radius 1 is 1.00 bits per heavy atom. The van der Waals surface area contributed by atoms with Gasteiger partial charge in [-0.1, -0.05) is 39.0 Å². The quantitative estimate of drug-likeness (QED) is 0.416. The topological polar surface area (TPSA) is 37.3 Å². The van der Waals surface area contributed by atoms with E-state index in [4.69, 9.17) is 5.11 Å². The molecule has 0 saturated heterocycles. The van der Waals surface area contributed by atoms with E-state index in [1.54, 1.807) is 23.5 Å². The molecule has 1 aromatic carbocycles. The van der Waals surface area contributed by atoms with Crippen molar-refractivity contribution < 1.29 is 9.90 Å². The number of thioether (sulfide) groups is 2. The lowest BCUT2D eigenvalue weighted by Crippen LogP contribution is -2.04. The molecule has 1 N–H and O–H groups in total. The minimum absolute atomic E-state index is 0.115. The Kier molecular flexibility index (Phi) is 9.73. The molecule has 0 fully saturated rings. The highest BCUT2D eigenvalue weighted by Gasteiger charge is 2.13. The van der Waals surface area contributed by atoms with Gasteiger partial charge in [0.05, 0.1) is 6.42 Å². The molecular weight excluding hydrogens is 312 g/mol. The number of benzene rings is 1. The van der Waals surface area contributed by atoms with Gasteiger partial charge in [-0.2, -0.15) is 0 Å². The average Bonchev–Trinajstić information content (AvgIpc) is 2.51. The zero-order valence-electron chi connectivity index (χ0n) is 14.0. The Labute approximate surface area is 143 Å². The van der Waals surface area contributed by atoms with Crippen LogP contribution in [-0.2, 0) is 17.6 Å². The Morgan fingerprint density at radius 3 is 2.05 bits per heavy atom. The third-order valence-electron chi connectivity index (χ3n) is 3.81. The van der Waals surface area contributed by atoms with Crippen molar-refractivity contribution in [3.8, 4) is 0 Å². The summed E-state index contributed by atoms with van der Waals surface area (Å²) in [5, 5.41) is 9.10. The molecule has 22 heavy (non-hydrogen) atoms. The van der Waals surface area contributed by atoms with Crippen LogP contribution in [0.1, 0.15) is 56.6 Å². The molecule has 4 heteroatoms. The number of carbonyl (C=O) groups is 1. The number of aliphatic carboxylic acids is 1. The van der Waals surface area contributed by atoms with Crippen LogP contribution in [0.3, 0.4) is 0 Å². The molecule has 124 valence electrons. The van der Waals surface area contributed by atoms with Crippen molar-refractivity contribution in [1.82, 2.24) is 0 Å². The number of carboxylic acid groups (broad SMARTS) is 1. The van der Waals surface area contributed by atoms with Gasteiger partial charge in [-0.25, -0.2) is 0 Å². The van der Waals surface area contributed by atoms with E-state index in [9.17, 15) is 4.79 Å². The van der Waals surface area contributed by atoms with Crippen LogP contribution in [0.4, 0.5) is 0 Å². The molecule has 0 unspecified atom stereocenters. The molecule has 1 rings (SSSR count). The number of hydrogen-bond donors (Lipinski definition) is 1. The Balaban J connectivity index is 2.70. The Bertz CT molecular complexity index is 447. The standard InChI is InChI=1S/C18H28O2S2/c1-4-5-6-7-8-9-10-14-11-16(21-2)15(13-18(19)20)17(12-14)22-3/h11-12H,4-10,13H2,1-3H3,(H,19,20). The second kappa shape index (κ2) is 11.0. The van der Waals surface area contributed by atoms with Crippen molar-refractivity contribution in [1.29, 1.82) is 0 Å². The number of carboxylic acids is 1. The second-order valence-corrected chi connectivity index (χ2v) is 7.26. The lowest BCUT2D eigenvalue weighted by atomic mass is 10.0. The molecule has 0 saturated carbocycles. The van der Waals surface area contributed by atoms with E-state index in [1.807, 2.05) is 12.5 Å². The second-order valence-electron chi connectivity index (χ2n) is 5.57. The van der Waals surface area contributed by atoms with Gasteiger partial charge in [-0.05, 0) is 48.6 Å². The molecule has 0 amide bonds. The summed E-state index contributed by atoms with van der Waals surface area (Å²) in [6.45, 7) is 2.24. The molecule has 0 aliphatic rings. The normalized spacial score (nSPS) is 10.9. The SMILES string of the molecule is CCCCCCCCc1cc(SC)c(CC(=O)O)c(SC)c1. The summed E-state index contributed by atoms with van der Waals surface area (Å²) >= 11 is 3.31. The van der Waals surface area contributed by atoms with Crippen LogP contribution in [0.2, 0.25) is 0 Å². The van der Waals surface area contributed by atoms with Gasteiger partial charge in [0, 0.05) is 9.79 Å². The molecule has 0 aliphatic heterocycles. The molecule has 0 heterocycles. The van der Waals surface area contributed by atoms with Gasteiger partial charge in [0.25, 0.3) is 0 Å². The first-order valence-electron chi connectivity index (χ1n) is 8.07.